The number of halogens is 1. The van der Waals surface area contributed by atoms with Crippen molar-refractivity contribution < 1.29 is 18.7 Å². The maximum atomic E-state index is 13.5. The van der Waals surface area contributed by atoms with Gasteiger partial charge in [0.1, 0.15) is 11.9 Å². The van der Waals surface area contributed by atoms with E-state index in [4.69, 9.17) is 4.74 Å². The van der Waals surface area contributed by atoms with Crippen molar-refractivity contribution in [2.75, 3.05) is 46.9 Å². The molecule has 2 amide bonds. The van der Waals surface area contributed by atoms with Gasteiger partial charge in [0.25, 0.3) is 0 Å². The van der Waals surface area contributed by atoms with Crippen molar-refractivity contribution in [2.24, 2.45) is 0 Å². The lowest BCUT2D eigenvalue weighted by Gasteiger charge is -2.37. The molecule has 7 heteroatoms. The van der Waals surface area contributed by atoms with E-state index in [-0.39, 0.29) is 17.8 Å². The first kappa shape index (κ1) is 18.2. The standard InChI is InChI=1S/C17H24FN3O3/c1-4-24-17(23)21-10-8-20(9-11-21)16(22)15(19(2)3)13-6-5-7-14(18)12-13/h5-7,12,15H,4,8-11H2,1-3H3. The van der Waals surface area contributed by atoms with Crippen molar-refractivity contribution >= 4 is 12.0 Å². The van der Waals surface area contributed by atoms with Crippen molar-refractivity contribution in [1.82, 2.24) is 14.7 Å². The number of rotatable bonds is 4. The van der Waals surface area contributed by atoms with Gasteiger partial charge in [-0.25, -0.2) is 9.18 Å². The lowest BCUT2D eigenvalue weighted by molar-refractivity contribution is -0.138. The second kappa shape index (κ2) is 8.10. The van der Waals surface area contributed by atoms with E-state index in [0.717, 1.165) is 0 Å². The van der Waals surface area contributed by atoms with Crippen LogP contribution in [0.1, 0.15) is 18.5 Å². The average Bonchev–Trinajstić information content (AvgIpc) is 2.55. The molecule has 1 aromatic rings. The molecule has 1 saturated heterocycles. The fourth-order valence-electron chi connectivity index (χ4n) is 2.84. The molecule has 1 aliphatic rings. The first-order chi connectivity index (χ1) is 11.4. The van der Waals surface area contributed by atoms with Crippen LogP contribution in [-0.4, -0.2) is 73.6 Å². The van der Waals surface area contributed by atoms with Crippen molar-refractivity contribution in [3.8, 4) is 0 Å². The SMILES string of the molecule is CCOC(=O)N1CCN(C(=O)C(c2cccc(F)c2)N(C)C)CC1. The number of likely N-dealkylation sites (N-methyl/N-ethyl adjacent to an activating group) is 1. The Morgan fingerprint density at radius 2 is 1.83 bits per heavy atom. The van der Waals surface area contributed by atoms with Crippen LogP contribution in [-0.2, 0) is 9.53 Å². The van der Waals surface area contributed by atoms with E-state index in [9.17, 15) is 14.0 Å². The molecule has 1 aliphatic heterocycles. The van der Waals surface area contributed by atoms with Crippen LogP contribution >= 0.6 is 0 Å². The molecular formula is C17H24FN3O3. The Kier molecular flexibility index (Phi) is 6.14. The van der Waals surface area contributed by atoms with Crippen LogP contribution in [0, 0.1) is 5.82 Å². The van der Waals surface area contributed by atoms with Crippen LogP contribution in [0.25, 0.3) is 0 Å². The summed E-state index contributed by atoms with van der Waals surface area (Å²) in [5.41, 5.74) is 0.623. The van der Waals surface area contributed by atoms with Crippen molar-refractivity contribution in [1.29, 1.82) is 0 Å². The molecule has 2 rings (SSSR count). The number of carbonyl (C=O) groups is 2. The number of nitrogens with zero attached hydrogens (tertiary/aromatic N) is 3. The van der Waals surface area contributed by atoms with Crippen molar-refractivity contribution in [3.63, 3.8) is 0 Å². The number of hydrogen-bond donors (Lipinski definition) is 0. The molecule has 0 radical (unpaired) electrons. The quantitative estimate of drug-likeness (QED) is 0.840. The molecule has 0 bridgehead atoms. The highest BCUT2D eigenvalue weighted by Crippen LogP contribution is 2.22. The summed E-state index contributed by atoms with van der Waals surface area (Å²) in [7, 11) is 3.59. The summed E-state index contributed by atoms with van der Waals surface area (Å²) in [6.07, 6.45) is -0.348. The van der Waals surface area contributed by atoms with E-state index in [1.54, 1.807) is 47.9 Å². The van der Waals surface area contributed by atoms with Gasteiger partial charge < -0.3 is 14.5 Å². The zero-order valence-corrected chi connectivity index (χ0v) is 14.4. The summed E-state index contributed by atoms with van der Waals surface area (Å²) in [4.78, 5) is 29.7. The highest BCUT2D eigenvalue weighted by Gasteiger charge is 2.31. The highest BCUT2D eigenvalue weighted by molar-refractivity contribution is 5.83. The summed E-state index contributed by atoms with van der Waals surface area (Å²) in [5.74, 6) is -0.451. The minimum atomic E-state index is -0.546. The second-order valence-electron chi connectivity index (χ2n) is 5.93. The largest absolute Gasteiger partial charge is 0.450 e. The summed E-state index contributed by atoms with van der Waals surface area (Å²) >= 11 is 0. The van der Waals surface area contributed by atoms with Crippen LogP contribution in [0.15, 0.2) is 24.3 Å². The van der Waals surface area contributed by atoms with Gasteiger partial charge in [-0.3, -0.25) is 9.69 Å². The van der Waals surface area contributed by atoms with E-state index in [0.29, 0.717) is 38.3 Å². The third-order valence-electron chi connectivity index (χ3n) is 4.03. The minimum absolute atomic E-state index is 0.0888. The lowest BCUT2D eigenvalue weighted by atomic mass is 10.0. The van der Waals surface area contributed by atoms with Crippen LogP contribution in [0.5, 0.6) is 0 Å². The summed E-state index contributed by atoms with van der Waals surface area (Å²) in [5, 5.41) is 0. The van der Waals surface area contributed by atoms with Crippen LogP contribution in [0.4, 0.5) is 9.18 Å². The Hall–Kier alpha value is -2.15. The Balaban J connectivity index is 2.05. The normalized spacial score (nSPS) is 16.2. The molecule has 1 aromatic carbocycles. The Bertz CT molecular complexity index is 586. The maximum Gasteiger partial charge on any atom is 0.409 e. The molecule has 1 heterocycles. The molecular weight excluding hydrogens is 313 g/mol. The number of hydrogen-bond acceptors (Lipinski definition) is 4. The monoisotopic (exact) mass is 337 g/mol. The van der Waals surface area contributed by atoms with Gasteiger partial charge in [-0.05, 0) is 38.7 Å². The van der Waals surface area contributed by atoms with Crippen LogP contribution < -0.4 is 0 Å². The van der Waals surface area contributed by atoms with Crippen molar-refractivity contribution in [3.05, 3.63) is 35.6 Å². The lowest BCUT2D eigenvalue weighted by Crippen LogP contribution is -2.53. The van der Waals surface area contributed by atoms with E-state index in [1.807, 2.05) is 0 Å². The second-order valence-corrected chi connectivity index (χ2v) is 5.93. The van der Waals surface area contributed by atoms with E-state index in [1.165, 1.54) is 12.1 Å². The molecule has 0 N–H and O–H groups in total. The van der Waals surface area contributed by atoms with Gasteiger partial charge in [0.2, 0.25) is 5.91 Å². The van der Waals surface area contributed by atoms with Gasteiger partial charge in [-0.2, -0.15) is 0 Å². The third-order valence-corrected chi connectivity index (χ3v) is 4.03. The average molecular weight is 337 g/mol. The molecule has 1 atom stereocenters. The molecule has 1 fully saturated rings. The summed E-state index contributed by atoms with van der Waals surface area (Å²) in [6.45, 7) is 3.86. The molecule has 1 unspecified atom stereocenters. The Labute approximate surface area is 141 Å². The van der Waals surface area contributed by atoms with Crippen LogP contribution in [0.3, 0.4) is 0 Å². The maximum absolute atomic E-state index is 13.5. The molecule has 6 nitrogen and oxygen atoms in total. The van der Waals surface area contributed by atoms with Gasteiger partial charge >= 0.3 is 6.09 Å². The van der Waals surface area contributed by atoms with E-state index < -0.39 is 6.04 Å². The molecule has 132 valence electrons. The Morgan fingerprint density at radius 3 is 2.38 bits per heavy atom. The topological polar surface area (TPSA) is 53.1 Å². The van der Waals surface area contributed by atoms with Gasteiger partial charge in [-0.15, -0.1) is 0 Å². The van der Waals surface area contributed by atoms with Gasteiger partial charge in [-0.1, -0.05) is 12.1 Å². The molecule has 0 spiro atoms. The fourth-order valence-corrected chi connectivity index (χ4v) is 2.84. The van der Waals surface area contributed by atoms with E-state index >= 15 is 0 Å². The zero-order chi connectivity index (χ0) is 17.7. The molecule has 24 heavy (non-hydrogen) atoms. The smallest absolute Gasteiger partial charge is 0.409 e. The fraction of sp³-hybridized carbons (Fsp3) is 0.529. The number of ether oxygens (including phenoxy) is 1. The zero-order valence-electron chi connectivity index (χ0n) is 14.4. The minimum Gasteiger partial charge on any atom is -0.450 e. The van der Waals surface area contributed by atoms with Gasteiger partial charge in [0.15, 0.2) is 0 Å². The van der Waals surface area contributed by atoms with E-state index in [2.05, 4.69) is 0 Å². The first-order valence-electron chi connectivity index (χ1n) is 8.06. The van der Waals surface area contributed by atoms with Crippen molar-refractivity contribution in [2.45, 2.75) is 13.0 Å². The van der Waals surface area contributed by atoms with Gasteiger partial charge in [0, 0.05) is 26.2 Å². The number of carbonyl (C=O) groups excluding carboxylic acids is 2. The molecule has 0 saturated carbocycles. The predicted octanol–water partition coefficient (Wildman–Crippen LogP) is 1.73. The molecule has 0 aromatic heterocycles. The highest BCUT2D eigenvalue weighted by atomic mass is 19.1. The Morgan fingerprint density at radius 1 is 1.21 bits per heavy atom. The van der Waals surface area contributed by atoms with Gasteiger partial charge in [0.05, 0.1) is 6.61 Å². The first-order valence-corrected chi connectivity index (χ1v) is 8.06. The summed E-state index contributed by atoms with van der Waals surface area (Å²) < 4.78 is 18.5. The third kappa shape index (κ3) is 4.23. The number of amides is 2. The summed E-state index contributed by atoms with van der Waals surface area (Å²) in [6, 6.07) is 5.55. The predicted molar refractivity (Wildman–Crippen MR) is 88.0 cm³/mol. The molecule has 0 aliphatic carbocycles. The number of piperazine rings is 1. The van der Waals surface area contributed by atoms with Crippen LogP contribution in [0.2, 0.25) is 0 Å². The number of benzene rings is 1.